The molecule has 8 nitrogen and oxygen atoms in total. The van der Waals surface area contributed by atoms with Crippen molar-refractivity contribution >= 4 is 28.7 Å². The Hall–Kier alpha value is -3.82. The first-order valence-corrected chi connectivity index (χ1v) is 8.94. The molecule has 1 atom stereocenters. The quantitative estimate of drug-likeness (QED) is 0.429. The lowest BCUT2D eigenvalue weighted by molar-refractivity contribution is -0.189. The fourth-order valence-electron chi connectivity index (χ4n) is 3.10. The van der Waals surface area contributed by atoms with Crippen LogP contribution >= 0.6 is 0 Å². The first kappa shape index (κ1) is 22.9. The van der Waals surface area contributed by atoms with Crippen molar-refractivity contribution in [2.45, 2.75) is 24.6 Å². The van der Waals surface area contributed by atoms with Gasteiger partial charge in [0, 0.05) is 18.0 Å². The van der Waals surface area contributed by atoms with E-state index in [9.17, 15) is 36.3 Å². The Morgan fingerprint density at radius 1 is 1.28 bits per heavy atom. The molecule has 1 saturated heterocycles. The molecule has 2 heterocycles. The molecule has 32 heavy (non-hydrogen) atoms. The highest BCUT2D eigenvalue weighted by Gasteiger charge is 2.47. The summed E-state index contributed by atoms with van der Waals surface area (Å²) in [4.78, 5) is 40.4. The third-order valence-corrected chi connectivity index (χ3v) is 4.54. The van der Waals surface area contributed by atoms with Gasteiger partial charge < -0.3 is 15.0 Å². The van der Waals surface area contributed by atoms with Crippen molar-refractivity contribution in [3.05, 3.63) is 36.0 Å². The number of nitrogens with one attached hydrogen (secondary N) is 1. The number of hydrogen-bond donors (Lipinski definition) is 1. The van der Waals surface area contributed by atoms with Crippen LogP contribution in [0.2, 0.25) is 0 Å². The van der Waals surface area contributed by atoms with Crippen molar-refractivity contribution in [1.82, 2.24) is 15.2 Å². The molecule has 3 rings (SSSR count). The van der Waals surface area contributed by atoms with Crippen LogP contribution in [0.3, 0.4) is 0 Å². The van der Waals surface area contributed by atoms with Crippen LogP contribution in [-0.4, -0.2) is 58.9 Å². The van der Waals surface area contributed by atoms with Gasteiger partial charge in [0.1, 0.15) is 11.8 Å². The van der Waals surface area contributed by atoms with Gasteiger partial charge in [0.2, 0.25) is 5.91 Å². The number of ether oxygens (including phenoxy) is 1. The summed E-state index contributed by atoms with van der Waals surface area (Å²) in [5, 5.41) is 11.2. The predicted molar refractivity (Wildman–Crippen MR) is 96.4 cm³/mol. The van der Waals surface area contributed by atoms with Gasteiger partial charge in [-0.25, -0.2) is 13.6 Å². The second kappa shape index (κ2) is 8.37. The summed E-state index contributed by atoms with van der Waals surface area (Å²) >= 11 is 0. The minimum atomic E-state index is -5.22. The highest BCUT2D eigenvalue weighted by molar-refractivity contribution is 6.07. The van der Waals surface area contributed by atoms with Gasteiger partial charge in [-0.3, -0.25) is 14.6 Å². The van der Waals surface area contributed by atoms with E-state index in [0.29, 0.717) is 4.90 Å². The topological polar surface area (TPSA) is 112 Å². The Kier molecular flexibility index (Phi) is 5.98. The number of halogens is 5. The van der Waals surface area contributed by atoms with Crippen LogP contribution in [0.1, 0.15) is 16.8 Å². The van der Waals surface area contributed by atoms with E-state index >= 15 is 0 Å². The van der Waals surface area contributed by atoms with Crippen LogP contribution in [0.15, 0.2) is 30.5 Å². The SMILES string of the molecule is N#C[C@@H]1CC(F)(F)CN1C(=O)CNC(=O)c1ccnc2ccc(OC(=O)C(F)(F)F)cc12. The number of carbonyl (C=O) groups is 3. The van der Waals surface area contributed by atoms with Gasteiger partial charge in [-0.15, -0.1) is 0 Å². The predicted octanol–water partition coefficient (Wildman–Crippen LogP) is 2.19. The van der Waals surface area contributed by atoms with Crippen LogP contribution in [0.25, 0.3) is 10.9 Å². The molecule has 0 bridgehead atoms. The number of esters is 1. The normalized spacial score (nSPS) is 17.6. The van der Waals surface area contributed by atoms with Crippen LogP contribution < -0.4 is 10.1 Å². The summed E-state index contributed by atoms with van der Waals surface area (Å²) in [5.74, 6) is -7.92. The molecule has 1 aromatic heterocycles. The molecule has 0 unspecified atom stereocenters. The molecule has 1 aliphatic heterocycles. The highest BCUT2D eigenvalue weighted by Crippen LogP contribution is 2.31. The third-order valence-electron chi connectivity index (χ3n) is 4.54. The summed E-state index contributed by atoms with van der Waals surface area (Å²) in [6, 6.07) is 4.76. The number of nitrogens with zero attached hydrogens (tertiary/aromatic N) is 3. The summed E-state index contributed by atoms with van der Waals surface area (Å²) in [7, 11) is 0. The van der Waals surface area contributed by atoms with E-state index in [4.69, 9.17) is 5.26 Å². The minimum absolute atomic E-state index is 0.0209. The molecule has 0 radical (unpaired) electrons. The average Bonchev–Trinajstić information content (AvgIpc) is 3.05. The summed E-state index contributed by atoms with van der Waals surface area (Å²) in [6.07, 6.45) is -4.80. The molecule has 13 heteroatoms. The van der Waals surface area contributed by atoms with Gasteiger partial charge in [-0.1, -0.05) is 0 Å². The number of likely N-dealkylation sites (tertiary alicyclic amines) is 1. The molecule has 1 aliphatic rings. The molecule has 0 spiro atoms. The van der Waals surface area contributed by atoms with E-state index in [-0.39, 0.29) is 16.5 Å². The molecule has 168 valence electrons. The first-order chi connectivity index (χ1) is 14.9. The van der Waals surface area contributed by atoms with Crippen molar-refractivity contribution in [2.24, 2.45) is 0 Å². The van der Waals surface area contributed by atoms with Gasteiger partial charge in [-0.05, 0) is 24.3 Å². The number of amides is 2. The molecule has 2 aromatic rings. The lowest BCUT2D eigenvalue weighted by Crippen LogP contribution is -2.43. The second-order valence-electron chi connectivity index (χ2n) is 6.83. The van der Waals surface area contributed by atoms with E-state index in [1.54, 1.807) is 6.07 Å². The van der Waals surface area contributed by atoms with Gasteiger partial charge >= 0.3 is 12.1 Å². The number of carbonyl (C=O) groups excluding carboxylic acids is 3. The lowest BCUT2D eigenvalue weighted by Gasteiger charge is -2.19. The lowest BCUT2D eigenvalue weighted by atomic mass is 10.1. The van der Waals surface area contributed by atoms with Crippen molar-refractivity contribution in [3.8, 4) is 11.8 Å². The first-order valence-electron chi connectivity index (χ1n) is 8.94. The van der Waals surface area contributed by atoms with E-state index in [0.717, 1.165) is 12.1 Å². The monoisotopic (exact) mass is 456 g/mol. The fourth-order valence-corrected chi connectivity index (χ4v) is 3.10. The van der Waals surface area contributed by atoms with Gasteiger partial charge in [0.25, 0.3) is 11.8 Å². The standard InChI is InChI=1S/C19H13F5N4O4/c20-18(21)6-10(7-25)28(9-18)15(29)8-27-16(30)12-3-4-26-14-2-1-11(5-13(12)14)32-17(31)19(22,23)24/h1-5,10H,6,8-9H2,(H,27,30)/t10-/m0/s1. The zero-order valence-electron chi connectivity index (χ0n) is 15.9. The number of nitriles is 1. The number of hydrogen-bond acceptors (Lipinski definition) is 6. The number of alkyl halides is 5. The van der Waals surface area contributed by atoms with Gasteiger partial charge in [-0.2, -0.15) is 18.4 Å². The molecular weight excluding hydrogens is 443 g/mol. The van der Waals surface area contributed by atoms with Crippen LogP contribution in [0, 0.1) is 11.3 Å². The Labute approximate surface area is 176 Å². The molecule has 0 aliphatic carbocycles. The van der Waals surface area contributed by atoms with Crippen LogP contribution in [0.5, 0.6) is 5.75 Å². The molecular formula is C19H13F5N4O4. The zero-order chi connectivity index (χ0) is 23.7. The smallest absolute Gasteiger partial charge is 0.420 e. The van der Waals surface area contributed by atoms with E-state index < -0.39 is 61.2 Å². The summed E-state index contributed by atoms with van der Waals surface area (Å²) < 4.78 is 68.4. The maximum Gasteiger partial charge on any atom is 0.491 e. The minimum Gasteiger partial charge on any atom is -0.420 e. The Morgan fingerprint density at radius 3 is 2.66 bits per heavy atom. The number of aromatic nitrogens is 1. The Morgan fingerprint density at radius 2 is 2.00 bits per heavy atom. The summed E-state index contributed by atoms with van der Waals surface area (Å²) in [6.45, 7) is -1.65. The molecule has 1 aromatic carbocycles. The zero-order valence-corrected chi connectivity index (χ0v) is 15.9. The number of pyridine rings is 1. The number of fused-ring (bicyclic) bond motifs is 1. The largest absolute Gasteiger partial charge is 0.491 e. The highest BCUT2D eigenvalue weighted by atomic mass is 19.4. The van der Waals surface area contributed by atoms with E-state index in [2.05, 4.69) is 15.0 Å². The summed E-state index contributed by atoms with van der Waals surface area (Å²) in [5.41, 5.74) is 0.0656. The maximum atomic E-state index is 13.5. The van der Waals surface area contributed by atoms with Gasteiger partial charge in [0.05, 0.1) is 30.2 Å². The molecule has 0 saturated carbocycles. The van der Waals surface area contributed by atoms with Crippen molar-refractivity contribution < 1.29 is 41.1 Å². The molecule has 1 N–H and O–H groups in total. The van der Waals surface area contributed by atoms with E-state index in [1.807, 2.05) is 0 Å². The Balaban J connectivity index is 1.76. The fraction of sp³-hybridized carbons (Fsp3) is 0.316. The Bertz CT molecular complexity index is 1130. The van der Waals surface area contributed by atoms with Crippen molar-refractivity contribution in [2.75, 3.05) is 13.1 Å². The second-order valence-corrected chi connectivity index (χ2v) is 6.83. The molecule has 1 fully saturated rings. The third kappa shape index (κ3) is 4.90. The maximum absolute atomic E-state index is 13.5. The van der Waals surface area contributed by atoms with E-state index in [1.165, 1.54) is 18.3 Å². The number of benzene rings is 1. The van der Waals surface area contributed by atoms with Crippen LogP contribution in [0.4, 0.5) is 22.0 Å². The average molecular weight is 456 g/mol. The van der Waals surface area contributed by atoms with Crippen molar-refractivity contribution in [1.29, 1.82) is 5.26 Å². The van der Waals surface area contributed by atoms with Gasteiger partial charge in [0.15, 0.2) is 0 Å². The number of rotatable bonds is 4. The van der Waals surface area contributed by atoms with Crippen LogP contribution in [-0.2, 0) is 9.59 Å². The van der Waals surface area contributed by atoms with Crippen molar-refractivity contribution in [3.63, 3.8) is 0 Å². The molecule has 2 amide bonds.